The van der Waals surface area contributed by atoms with E-state index in [2.05, 4.69) is 91.9 Å². The minimum Gasteiger partial charge on any atom is -0.449 e. The highest BCUT2D eigenvalue weighted by Gasteiger charge is 2.29. The molecule has 1 N–H and O–H groups in total. The second-order valence-electron chi connectivity index (χ2n) is 12.8. The molecule has 2 aliphatic rings. The van der Waals surface area contributed by atoms with Crippen LogP contribution < -0.4 is 5.32 Å². The Labute approximate surface area is 309 Å². The zero-order valence-corrected chi connectivity index (χ0v) is 30.3. The van der Waals surface area contributed by atoms with E-state index >= 15 is 0 Å². The van der Waals surface area contributed by atoms with Crippen LogP contribution in [0.15, 0.2) is 126 Å². The van der Waals surface area contributed by atoms with Gasteiger partial charge in [0.25, 0.3) is 5.91 Å². The molecule has 6 aromatic rings. The molecule has 2 aromatic heterocycles. The van der Waals surface area contributed by atoms with Gasteiger partial charge in [-0.05, 0) is 75.8 Å². The zero-order chi connectivity index (χ0) is 34.7. The van der Waals surface area contributed by atoms with Crippen LogP contribution >= 0.6 is 27.3 Å². The summed E-state index contributed by atoms with van der Waals surface area (Å²) >= 11 is 5.33. The Morgan fingerprint density at radius 3 is 2.29 bits per heavy atom. The van der Waals surface area contributed by atoms with Crippen molar-refractivity contribution in [3.05, 3.63) is 153 Å². The molecule has 3 heterocycles. The van der Waals surface area contributed by atoms with Crippen LogP contribution in [0.25, 0.3) is 27.3 Å². The number of hydrogen-bond acceptors (Lipinski definition) is 6. The summed E-state index contributed by atoms with van der Waals surface area (Å²) in [5.74, 6) is -0.0505. The predicted octanol–water partition coefficient (Wildman–Crippen LogP) is 8.36. The number of alkyl carbamates (subject to hydrolysis) is 1. The van der Waals surface area contributed by atoms with Gasteiger partial charge in [-0.3, -0.25) is 9.69 Å². The van der Waals surface area contributed by atoms with Crippen LogP contribution in [0.3, 0.4) is 0 Å². The third-order valence-corrected chi connectivity index (χ3v) is 11.2. The van der Waals surface area contributed by atoms with Gasteiger partial charge in [0.1, 0.15) is 6.61 Å². The average Bonchev–Trinajstić information content (AvgIpc) is 3.92. The number of carbonyl (C=O) groups is 2. The SMILES string of the molecule is O=C(NCc1cccc(-n2ccc(C(=O)N3CCN(Cc4ccc(-c5ccc(Br)cc5)s4)CC3)n2)c1)OCC1c2ccccc2-c2ccccc21. The number of benzene rings is 4. The van der Waals surface area contributed by atoms with E-state index in [1.165, 1.54) is 37.6 Å². The van der Waals surface area contributed by atoms with Gasteiger partial charge in [0, 0.05) is 65.6 Å². The number of hydrogen-bond donors (Lipinski definition) is 1. The van der Waals surface area contributed by atoms with Gasteiger partial charge in [0.05, 0.1) is 5.69 Å². The van der Waals surface area contributed by atoms with Crippen molar-refractivity contribution in [2.45, 2.75) is 19.0 Å². The van der Waals surface area contributed by atoms with E-state index in [-0.39, 0.29) is 18.4 Å². The van der Waals surface area contributed by atoms with Crippen LogP contribution in [0.2, 0.25) is 0 Å². The third-order valence-electron chi connectivity index (χ3n) is 9.59. The first-order valence-electron chi connectivity index (χ1n) is 17.1. The first kappa shape index (κ1) is 33.1. The maximum Gasteiger partial charge on any atom is 0.407 e. The van der Waals surface area contributed by atoms with E-state index < -0.39 is 6.09 Å². The van der Waals surface area contributed by atoms with Crippen LogP contribution in [0, 0.1) is 0 Å². The molecule has 0 atom stereocenters. The maximum absolute atomic E-state index is 13.4. The van der Waals surface area contributed by atoms with Crippen molar-refractivity contribution < 1.29 is 14.3 Å². The summed E-state index contributed by atoms with van der Waals surface area (Å²) in [5.41, 5.74) is 8.10. The van der Waals surface area contributed by atoms with Crippen molar-refractivity contribution >= 4 is 39.3 Å². The molecule has 0 unspecified atom stereocenters. The lowest BCUT2D eigenvalue weighted by Crippen LogP contribution is -2.48. The summed E-state index contributed by atoms with van der Waals surface area (Å²) < 4.78 is 8.49. The second kappa shape index (κ2) is 14.7. The van der Waals surface area contributed by atoms with Gasteiger partial charge in [-0.15, -0.1) is 11.3 Å². The summed E-state index contributed by atoms with van der Waals surface area (Å²) in [7, 11) is 0. The normalized spacial score (nSPS) is 14.3. The van der Waals surface area contributed by atoms with E-state index in [4.69, 9.17) is 4.74 Å². The fraction of sp³-hybridized carbons (Fsp3) is 0.195. The Balaban J connectivity index is 0.822. The highest BCUT2D eigenvalue weighted by atomic mass is 79.9. The summed E-state index contributed by atoms with van der Waals surface area (Å²) in [6, 6.07) is 38.9. The fourth-order valence-electron chi connectivity index (χ4n) is 6.94. The number of carbonyl (C=O) groups excluding carboxylic acids is 2. The van der Waals surface area contributed by atoms with Gasteiger partial charge in [0.15, 0.2) is 5.69 Å². The predicted molar refractivity (Wildman–Crippen MR) is 204 cm³/mol. The Morgan fingerprint density at radius 2 is 1.55 bits per heavy atom. The van der Waals surface area contributed by atoms with Crippen molar-refractivity contribution in [2.24, 2.45) is 0 Å². The van der Waals surface area contributed by atoms with Crippen LogP contribution in [-0.4, -0.2) is 64.4 Å². The number of nitrogens with zero attached hydrogens (tertiary/aromatic N) is 4. The molecule has 51 heavy (non-hydrogen) atoms. The minimum absolute atomic E-state index is 0.00955. The summed E-state index contributed by atoms with van der Waals surface area (Å²) in [5, 5.41) is 7.51. The Hall–Kier alpha value is -5.03. The topological polar surface area (TPSA) is 79.7 Å². The molecule has 1 aliphatic heterocycles. The van der Waals surface area contributed by atoms with Crippen LogP contribution in [0.4, 0.5) is 4.79 Å². The lowest BCUT2D eigenvalue weighted by Gasteiger charge is -2.34. The minimum atomic E-state index is -0.463. The van der Waals surface area contributed by atoms with Gasteiger partial charge in [0.2, 0.25) is 0 Å². The largest absolute Gasteiger partial charge is 0.449 e. The van der Waals surface area contributed by atoms with Crippen LogP contribution in [0.1, 0.15) is 38.0 Å². The molecule has 0 radical (unpaired) electrons. The number of thiophene rings is 1. The molecule has 1 saturated heterocycles. The van der Waals surface area contributed by atoms with Crippen molar-refractivity contribution in [3.63, 3.8) is 0 Å². The van der Waals surface area contributed by atoms with Gasteiger partial charge in [-0.2, -0.15) is 5.10 Å². The quantitative estimate of drug-likeness (QED) is 0.160. The molecule has 256 valence electrons. The van der Waals surface area contributed by atoms with Crippen molar-refractivity contribution in [1.82, 2.24) is 24.9 Å². The van der Waals surface area contributed by atoms with E-state index in [1.807, 2.05) is 64.8 Å². The molecular formula is C41H36BrN5O3S. The number of rotatable bonds is 9. The van der Waals surface area contributed by atoms with E-state index in [1.54, 1.807) is 16.9 Å². The van der Waals surface area contributed by atoms with Crippen molar-refractivity contribution in [3.8, 4) is 27.3 Å². The molecule has 0 bridgehead atoms. The number of ether oxygens (including phenoxy) is 1. The lowest BCUT2D eigenvalue weighted by molar-refractivity contribution is 0.0623. The summed E-state index contributed by atoms with van der Waals surface area (Å²) in [6.45, 7) is 4.40. The highest BCUT2D eigenvalue weighted by molar-refractivity contribution is 9.10. The molecule has 1 fully saturated rings. The molecule has 1 aliphatic carbocycles. The number of piperazine rings is 1. The van der Waals surface area contributed by atoms with Crippen LogP contribution in [0.5, 0.6) is 0 Å². The smallest absolute Gasteiger partial charge is 0.407 e. The van der Waals surface area contributed by atoms with Crippen molar-refractivity contribution in [1.29, 1.82) is 0 Å². The number of nitrogens with one attached hydrogen (secondary N) is 1. The van der Waals surface area contributed by atoms with Gasteiger partial charge >= 0.3 is 6.09 Å². The van der Waals surface area contributed by atoms with Gasteiger partial charge in [-0.1, -0.05) is 88.7 Å². The van der Waals surface area contributed by atoms with E-state index in [0.29, 0.717) is 25.3 Å². The van der Waals surface area contributed by atoms with Crippen molar-refractivity contribution in [2.75, 3.05) is 32.8 Å². The monoisotopic (exact) mass is 757 g/mol. The first-order chi connectivity index (χ1) is 25.0. The zero-order valence-electron chi connectivity index (χ0n) is 27.9. The Kier molecular flexibility index (Phi) is 9.53. The first-order valence-corrected chi connectivity index (χ1v) is 18.7. The second-order valence-corrected chi connectivity index (χ2v) is 14.9. The standard InChI is InChI=1S/C41H36BrN5O3S/c42-30-14-12-29(13-15-30)39-17-16-32(51-39)26-45-20-22-46(23-21-45)40(48)38-18-19-47(44-38)31-7-5-6-28(24-31)25-43-41(49)50-27-37-35-10-3-1-8-33(35)34-9-2-4-11-36(34)37/h1-19,24,37H,20-23,25-27H2,(H,43,49). The molecule has 0 saturated carbocycles. The molecule has 0 spiro atoms. The average molecular weight is 759 g/mol. The Bertz CT molecular complexity index is 2140. The summed E-state index contributed by atoms with van der Waals surface area (Å²) in [4.78, 5) is 33.0. The number of amides is 2. The lowest BCUT2D eigenvalue weighted by atomic mass is 9.98. The number of halogens is 1. The van der Waals surface area contributed by atoms with E-state index in [0.717, 1.165) is 35.4 Å². The van der Waals surface area contributed by atoms with E-state index in [9.17, 15) is 9.59 Å². The highest BCUT2D eigenvalue weighted by Crippen LogP contribution is 2.44. The van der Waals surface area contributed by atoms with Gasteiger partial charge in [-0.25, -0.2) is 9.48 Å². The molecule has 8 rings (SSSR count). The molecule has 2 amide bonds. The molecule has 8 nitrogen and oxygen atoms in total. The number of aromatic nitrogens is 2. The number of fused-ring (bicyclic) bond motifs is 3. The molecule has 4 aromatic carbocycles. The molecule has 10 heteroatoms. The third kappa shape index (κ3) is 7.26. The Morgan fingerprint density at radius 1 is 0.824 bits per heavy atom. The summed E-state index contributed by atoms with van der Waals surface area (Å²) in [6.07, 6.45) is 1.34. The fourth-order valence-corrected chi connectivity index (χ4v) is 8.26. The molecular weight excluding hydrogens is 722 g/mol. The van der Waals surface area contributed by atoms with Crippen LogP contribution in [-0.2, 0) is 17.8 Å². The van der Waals surface area contributed by atoms with Gasteiger partial charge < -0.3 is 15.0 Å². The maximum atomic E-state index is 13.4.